The fourth-order valence-electron chi connectivity index (χ4n) is 3.48. The summed E-state index contributed by atoms with van der Waals surface area (Å²) in [5, 5.41) is 0. The van der Waals surface area contributed by atoms with Crippen LogP contribution in [0.15, 0.2) is 36.4 Å². The summed E-state index contributed by atoms with van der Waals surface area (Å²) in [6, 6.07) is 9.55. The number of aryl methyl sites for hydroxylation is 2. The maximum atomic E-state index is 13.9. The number of hydrogen-bond acceptors (Lipinski definition) is 5. The molecule has 0 bridgehead atoms. The van der Waals surface area contributed by atoms with Gasteiger partial charge in [0.25, 0.3) is 5.91 Å². The van der Waals surface area contributed by atoms with Crippen LogP contribution in [0.25, 0.3) is 0 Å². The summed E-state index contributed by atoms with van der Waals surface area (Å²) >= 11 is 0. The third-order valence-electron chi connectivity index (χ3n) is 5.06. The lowest BCUT2D eigenvalue weighted by molar-refractivity contribution is 0.0339. The van der Waals surface area contributed by atoms with Gasteiger partial charge < -0.3 is 14.4 Å². The number of benzene rings is 2. The number of rotatable bonds is 6. The number of nitrogens with zero attached hydrogens (tertiary/aromatic N) is 1. The maximum absolute atomic E-state index is 13.9. The van der Waals surface area contributed by atoms with Crippen molar-refractivity contribution in [1.29, 1.82) is 0 Å². The monoisotopic (exact) mass is 455 g/mol. The maximum Gasteiger partial charge on any atom is 0.254 e. The molecule has 2 unspecified atom stereocenters. The second-order valence-electron chi connectivity index (χ2n) is 7.40. The van der Waals surface area contributed by atoms with Crippen molar-refractivity contribution >= 4 is 25.6 Å². The van der Waals surface area contributed by atoms with Crippen LogP contribution in [-0.2, 0) is 19.5 Å². The van der Waals surface area contributed by atoms with Crippen molar-refractivity contribution in [3.63, 3.8) is 0 Å². The van der Waals surface area contributed by atoms with Gasteiger partial charge in [0, 0.05) is 28.9 Å². The van der Waals surface area contributed by atoms with Gasteiger partial charge in [-0.05, 0) is 43.7 Å². The molecule has 1 aliphatic rings. The molecule has 9 heteroatoms. The van der Waals surface area contributed by atoms with Gasteiger partial charge in [0.2, 0.25) is 9.05 Å². The Morgan fingerprint density at radius 3 is 2.53 bits per heavy atom. The second kappa shape index (κ2) is 8.91. The number of likely N-dealkylation sites (tertiary alicyclic amines) is 1. The number of methoxy groups -OCH3 is 1. The van der Waals surface area contributed by atoms with E-state index in [0.29, 0.717) is 12.1 Å². The Morgan fingerprint density at radius 2 is 1.87 bits per heavy atom. The van der Waals surface area contributed by atoms with Crippen LogP contribution in [0.5, 0.6) is 5.75 Å². The number of carbonyl (C=O) groups excluding carboxylic acids is 1. The third kappa shape index (κ3) is 5.30. The molecule has 0 aliphatic carbocycles. The number of carbonyl (C=O) groups is 1. The fraction of sp³-hybridized carbons (Fsp3) is 0.381. The highest BCUT2D eigenvalue weighted by Gasteiger charge is 2.37. The van der Waals surface area contributed by atoms with E-state index in [2.05, 4.69) is 0 Å². The lowest BCUT2D eigenvalue weighted by Crippen LogP contribution is -2.32. The summed E-state index contributed by atoms with van der Waals surface area (Å²) in [5.74, 6) is -1.17. The highest BCUT2D eigenvalue weighted by Crippen LogP contribution is 2.26. The predicted octanol–water partition coefficient (Wildman–Crippen LogP) is 3.43. The first-order valence-electron chi connectivity index (χ1n) is 9.34. The number of hydrogen-bond donors (Lipinski definition) is 0. The lowest BCUT2D eigenvalue weighted by Gasteiger charge is -2.19. The smallest absolute Gasteiger partial charge is 0.254 e. The van der Waals surface area contributed by atoms with E-state index in [1.807, 2.05) is 32.0 Å². The van der Waals surface area contributed by atoms with E-state index in [9.17, 15) is 17.6 Å². The summed E-state index contributed by atoms with van der Waals surface area (Å²) in [6.45, 7) is 4.44. The molecule has 6 nitrogen and oxygen atoms in total. The summed E-state index contributed by atoms with van der Waals surface area (Å²) in [6.07, 6.45) is -0.876. The van der Waals surface area contributed by atoms with Crippen LogP contribution in [0.2, 0.25) is 0 Å². The zero-order chi connectivity index (χ0) is 22.1. The molecule has 30 heavy (non-hydrogen) atoms. The summed E-state index contributed by atoms with van der Waals surface area (Å²) in [7, 11) is 2.86. The molecular weight excluding hydrogens is 433 g/mol. The predicted molar refractivity (Wildman–Crippen MR) is 112 cm³/mol. The van der Waals surface area contributed by atoms with Crippen molar-refractivity contribution < 1.29 is 27.1 Å². The molecule has 0 N–H and O–H groups in total. The van der Waals surface area contributed by atoms with E-state index in [1.54, 1.807) is 4.90 Å². The first kappa shape index (κ1) is 22.5. The van der Waals surface area contributed by atoms with Crippen LogP contribution in [-0.4, -0.2) is 51.6 Å². The van der Waals surface area contributed by atoms with Crippen molar-refractivity contribution in [1.82, 2.24) is 4.90 Å². The Labute approximate surface area is 180 Å². The van der Waals surface area contributed by atoms with Crippen molar-refractivity contribution in [3.05, 3.63) is 64.5 Å². The summed E-state index contributed by atoms with van der Waals surface area (Å²) < 4.78 is 48.0. The van der Waals surface area contributed by atoms with Gasteiger partial charge in [-0.3, -0.25) is 4.79 Å². The third-order valence-corrected chi connectivity index (χ3v) is 6.04. The van der Waals surface area contributed by atoms with Crippen LogP contribution >= 0.6 is 10.7 Å². The molecule has 0 saturated carbocycles. The quantitative estimate of drug-likeness (QED) is 0.624. The van der Waals surface area contributed by atoms with Crippen molar-refractivity contribution in [2.24, 2.45) is 0 Å². The molecule has 3 rings (SSSR count). The first-order valence-corrected chi connectivity index (χ1v) is 11.8. The van der Waals surface area contributed by atoms with Gasteiger partial charge in [0.15, 0.2) is 0 Å². The van der Waals surface area contributed by atoms with E-state index in [4.69, 9.17) is 20.2 Å². The van der Waals surface area contributed by atoms with Crippen LogP contribution < -0.4 is 4.74 Å². The Kier molecular flexibility index (Phi) is 6.69. The van der Waals surface area contributed by atoms with Gasteiger partial charge in [0.1, 0.15) is 23.8 Å². The highest BCUT2D eigenvalue weighted by atomic mass is 35.7. The molecule has 0 aromatic heterocycles. The molecule has 2 aromatic rings. The fourth-order valence-corrected chi connectivity index (χ4v) is 4.43. The standard InChI is InChI=1S/C21H23ClFNO5S/c1-13-4-5-14(2)17(8-13)21(25)24-10-19(28-3)20(11-24)29-16-6-7-18(23)15(9-16)12-30(22,26)27/h4-9,19-20H,10-12H2,1-3H3. The lowest BCUT2D eigenvalue weighted by atomic mass is 10.0. The largest absolute Gasteiger partial charge is 0.486 e. The number of halogens is 2. The second-order valence-corrected chi connectivity index (χ2v) is 10.2. The zero-order valence-electron chi connectivity index (χ0n) is 16.9. The molecule has 0 radical (unpaired) electrons. The van der Waals surface area contributed by atoms with Gasteiger partial charge in [-0.1, -0.05) is 17.7 Å². The Hall–Kier alpha value is -2.16. The molecule has 162 valence electrons. The van der Waals surface area contributed by atoms with Crippen LogP contribution in [0.4, 0.5) is 4.39 Å². The van der Waals surface area contributed by atoms with Gasteiger partial charge in [-0.15, -0.1) is 0 Å². The number of ether oxygens (including phenoxy) is 2. The van der Waals surface area contributed by atoms with Gasteiger partial charge >= 0.3 is 0 Å². The van der Waals surface area contributed by atoms with Gasteiger partial charge in [-0.25, -0.2) is 12.8 Å². The average molecular weight is 456 g/mol. The minimum atomic E-state index is -3.92. The van der Waals surface area contributed by atoms with E-state index in [1.165, 1.54) is 19.2 Å². The molecule has 1 fully saturated rings. The zero-order valence-corrected chi connectivity index (χ0v) is 18.5. The van der Waals surface area contributed by atoms with Gasteiger partial charge in [0.05, 0.1) is 18.8 Å². The Balaban J connectivity index is 1.78. The number of amides is 1. The molecule has 2 atom stereocenters. The van der Waals surface area contributed by atoms with E-state index in [-0.39, 0.29) is 29.9 Å². The topological polar surface area (TPSA) is 72.9 Å². The minimum Gasteiger partial charge on any atom is -0.486 e. The van der Waals surface area contributed by atoms with Gasteiger partial charge in [-0.2, -0.15) is 0 Å². The molecule has 1 heterocycles. The van der Waals surface area contributed by atoms with Crippen LogP contribution in [0, 0.1) is 19.7 Å². The molecule has 1 amide bonds. The molecular formula is C21H23ClFNO5S. The highest BCUT2D eigenvalue weighted by molar-refractivity contribution is 8.13. The van der Waals surface area contributed by atoms with Crippen molar-refractivity contribution in [2.75, 3.05) is 20.2 Å². The van der Waals surface area contributed by atoms with Crippen molar-refractivity contribution in [3.8, 4) is 5.75 Å². The summed E-state index contributed by atoms with van der Waals surface area (Å²) in [5.41, 5.74) is 2.42. The average Bonchev–Trinajstić information content (AvgIpc) is 3.07. The van der Waals surface area contributed by atoms with E-state index >= 15 is 0 Å². The molecule has 2 aromatic carbocycles. The summed E-state index contributed by atoms with van der Waals surface area (Å²) in [4.78, 5) is 14.7. The van der Waals surface area contributed by atoms with E-state index in [0.717, 1.165) is 17.2 Å². The normalized spacial score (nSPS) is 19.2. The Morgan fingerprint density at radius 1 is 1.17 bits per heavy atom. The van der Waals surface area contributed by atoms with E-state index < -0.39 is 26.7 Å². The SMILES string of the molecule is COC1CN(C(=O)c2cc(C)ccc2C)CC1Oc1ccc(F)c(CS(=O)(=O)Cl)c1. The minimum absolute atomic E-state index is 0.0854. The molecule has 1 saturated heterocycles. The molecule has 1 aliphatic heterocycles. The molecule has 0 spiro atoms. The van der Waals surface area contributed by atoms with Crippen LogP contribution in [0.3, 0.4) is 0 Å². The Bertz CT molecular complexity index is 1060. The van der Waals surface area contributed by atoms with Crippen molar-refractivity contribution in [2.45, 2.75) is 31.8 Å². The first-order chi connectivity index (χ1) is 14.1. The van der Waals surface area contributed by atoms with Crippen LogP contribution in [0.1, 0.15) is 27.0 Å².